The van der Waals surface area contributed by atoms with E-state index in [0.29, 0.717) is 78.4 Å². The average Bonchev–Trinajstić information content (AvgIpc) is 0.758. The molecule has 2 atom stereocenters. The number of halogens is 20. The number of alkyl halides is 14. The fourth-order valence-corrected chi connectivity index (χ4v) is 9.36. The molecule has 0 radical (unpaired) electrons. The number of hydrogen-bond acceptors (Lipinski definition) is 7. The molecule has 0 heterocycles. The van der Waals surface area contributed by atoms with Crippen LogP contribution >= 0.6 is 0 Å². The second kappa shape index (κ2) is 28.8. The molecule has 8 rings (SSSR count). The standard InChI is InChI=1S/C31H21F10N3O3.C31H19F10NO4.CH4/c32-20-11-19(12-21(14-20)47-31(40,41)28(35)36)29(15-16-4-2-1-3-5-16,18-7-9-24(33)22(13-18)27(46)44-42)43-26(45)17-6-8-25(34)23(10-17)30(37,38)39;32-20-11-19(12-21(14-20)46-31(40,41)28(35)36)29(15-16-4-2-1-3-5-16,18-7-9-24(33)22(13-18)27(44)45)42-26(43)17-6-8-25(34)23(10-17)30(37,38)39;/h1-14,28H,15,42H2,(H,43,45)(H,44,46);1-14,28H,15H2,(H,42,43)(H,44,45);1H4/t2*29-;/m11./s1. The summed E-state index contributed by atoms with van der Waals surface area (Å²) >= 11 is 0. The van der Waals surface area contributed by atoms with E-state index in [-0.39, 0.29) is 36.2 Å². The van der Waals surface area contributed by atoms with Crippen LogP contribution in [0.1, 0.15) is 93.4 Å². The Kier molecular flexibility index (Phi) is 22.3. The highest BCUT2D eigenvalue weighted by molar-refractivity contribution is 5.97. The third kappa shape index (κ3) is 16.9. The fraction of sp³-hybridized carbons (Fsp3) is 0.175. The molecule has 0 saturated heterocycles. The number of carbonyl (C=O) groups is 4. The SMILES string of the molecule is C.NNC(=O)c1cc([C@@](Cc2ccccc2)(NC(=O)c2ccc(F)c(C(F)(F)F)c2)c2cc(F)cc(OC(F)(F)C(F)F)c2)ccc1F.O=C(N[C@@](Cc1ccccc1)(c1cc(F)cc(OC(F)(F)C(F)F)c1)c1ccc(F)c(C(=O)O)c1)c1ccc(F)c(C(F)(F)F)c1. The molecule has 0 aliphatic heterocycles. The molecular formula is C63H44F20N4O7. The van der Waals surface area contributed by atoms with Crippen molar-refractivity contribution in [1.82, 2.24) is 16.1 Å². The zero-order valence-corrected chi connectivity index (χ0v) is 46.3. The lowest BCUT2D eigenvalue weighted by atomic mass is 9.77. The quantitative estimate of drug-likeness (QED) is 0.0217. The lowest BCUT2D eigenvalue weighted by Crippen LogP contribution is -2.49. The number of nitrogens with two attached hydrogens (primary N) is 1. The minimum atomic E-state index is -5.25. The molecule has 8 aromatic rings. The summed E-state index contributed by atoms with van der Waals surface area (Å²) in [7, 11) is 0. The largest absolute Gasteiger partial charge is 0.478 e. The van der Waals surface area contributed by atoms with E-state index in [9.17, 15) is 103 Å². The number of carbonyl (C=O) groups excluding carboxylic acids is 3. The summed E-state index contributed by atoms with van der Waals surface area (Å²) in [5, 5.41) is 14.3. The summed E-state index contributed by atoms with van der Waals surface area (Å²) in [6.45, 7) is 0. The summed E-state index contributed by atoms with van der Waals surface area (Å²) in [6.07, 6.45) is -30.5. The molecule has 31 heteroatoms. The van der Waals surface area contributed by atoms with Gasteiger partial charge in [-0.15, -0.1) is 0 Å². The van der Waals surface area contributed by atoms with Gasteiger partial charge in [-0.3, -0.25) is 19.8 Å². The number of ether oxygens (including phenoxy) is 2. The number of nitrogens with one attached hydrogen (secondary N) is 3. The van der Waals surface area contributed by atoms with E-state index in [4.69, 9.17) is 5.84 Å². The third-order valence-electron chi connectivity index (χ3n) is 13.6. The Hall–Kier alpha value is -10.2. The Morgan fingerprint density at radius 3 is 1.12 bits per heavy atom. The third-order valence-corrected chi connectivity index (χ3v) is 13.6. The molecule has 3 amide bonds. The smallest absolute Gasteiger partial charge is 0.461 e. The molecule has 0 fully saturated rings. The number of nitrogen functional groups attached to an aromatic ring is 1. The van der Waals surface area contributed by atoms with Crippen LogP contribution in [0.3, 0.4) is 0 Å². The van der Waals surface area contributed by atoms with E-state index in [2.05, 4.69) is 20.1 Å². The second-order valence-electron chi connectivity index (χ2n) is 19.9. The number of carboxylic acid groups (broad SMARTS) is 1. The summed E-state index contributed by atoms with van der Waals surface area (Å²) in [4.78, 5) is 51.6. The van der Waals surface area contributed by atoms with Gasteiger partial charge in [-0.1, -0.05) is 80.2 Å². The lowest BCUT2D eigenvalue weighted by Gasteiger charge is -2.37. The molecule has 498 valence electrons. The summed E-state index contributed by atoms with van der Waals surface area (Å²) in [6, 6.07) is 25.4. The number of amides is 3. The van der Waals surface area contributed by atoms with Crippen LogP contribution in [0.2, 0.25) is 0 Å². The van der Waals surface area contributed by atoms with Crippen LogP contribution in [0.4, 0.5) is 87.8 Å². The van der Waals surface area contributed by atoms with E-state index in [1.807, 2.05) is 0 Å². The van der Waals surface area contributed by atoms with Gasteiger partial charge in [0.25, 0.3) is 17.7 Å². The number of aromatic carboxylic acids is 1. The van der Waals surface area contributed by atoms with Gasteiger partial charge in [-0.2, -0.15) is 61.5 Å². The number of hydrogen-bond donors (Lipinski definition) is 5. The fourth-order valence-electron chi connectivity index (χ4n) is 9.36. The summed E-state index contributed by atoms with van der Waals surface area (Å²) in [5.41, 5.74) is -11.1. The van der Waals surface area contributed by atoms with Gasteiger partial charge in [0.1, 0.15) is 46.4 Å². The van der Waals surface area contributed by atoms with E-state index < -0.39 is 176 Å². The zero-order chi connectivity index (χ0) is 68.8. The molecule has 0 saturated carbocycles. The summed E-state index contributed by atoms with van der Waals surface area (Å²) in [5.74, 6) is -11.6. The molecule has 0 aliphatic rings. The Morgan fingerprint density at radius 2 is 0.777 bits per heavy atom. The molecule has 94 heavy (non-hydrogen) atoms. The van der Waals surface area contributed by atoms with Gasteiger partial charge in [-0.05, 0) is 118 Å². The number of hydrazine groups is 1. The van der Waals surface area contributed by atoms with Crippen LogP contribution < -0.4 is 31.4 Å². The topological polar surface area (TPSA) is 169 Å². The molecular weight excluding hydrogens is 1300 g/mol. The van der Waals surface area contributed by atoms with Crippen LogP contribution in [-0.4, -0.2) is 53.9 Å². The van der Waals surface area contributed by atoms with Crippen molar-refractivity contribution in [3.63, 3.8) is 0 Å². The predicted molar refractivity (Wildman–Crippen MR) is 294 cm³/mol. The van der Waals surface area contributed by atoms with E-state index in [1.165, 1.54) is 48.5 Å². The van der Waals surface area contributed by atoms with Crippen LogP contribution in [0, 0.1) is 34.9 Å². The Balaban J connectivity index is 0.000000295. The molecule has 0 unspecified atom stereocenters. The minimum Gasteiger partial charge on any atom is -0.478 e. The van der Waals surface area contributed by atoms with Crippen molar-refractivity contribution in [3.8, 4) is 11.5 Å². The maximum absolute atomic E-state index is 15.1. The van der Waals surface area contributed by atoms with Crippen molar-refractivity contribution in [2.24, 2.45) is 5.84 Å². The maximum Gasteiger partial charge on any atom is 0.461 e. The van der Waals surface area contributed by atoms with Crippen molar-refractivity contribution < 1.29 is 122 Å². The second-order valence-corrected chi connectivity index (χ2v) is 19.9. The first-order valence-corrected chi connectivity index (χ1v) is 26.0. The van der Waals surface area contributed by atoms with Gasteiger partial charge >= 0.3 is 43.4 Å². The van der Waals surface area contributed by atoms with Crippen molar-refractivity contribution in [2.45, 2.75) is 68.8 Å². The van der Waals surface area contributed by atoms with Crippen LogP contribution in [0.5, 0.6) is 11.5 Å². The van der Waals surface area contributed by atoms with Gasteiger partial charge in [-0.25, -0.2) is 37.0 Å². The average molecular weight is 1350 g/mol. The van der Waals surface area contributed by atoms with E-state index in [0.717, 1.165) is 24.3 Å². The molecule has 11 nitrogen and oxygen atoms in total. The number of rotatable bonds is 20. The van der Waals surface area contributed by atoms with Gasteiger partial charge in [0.15, 0.2) is 0 Å². The van der Waals surface area contributed by atoms with E-state index in [1.54, 1.807) is 17.6 Å². The number of benzene rings is 8. The molecule has 8 aromatic carbocycles. The molecule has 0 bridgehead atoms. The Morgan fingerprint density at radius 1 is 0.426 bits per heavy atom. The summed E-state index contributed by atoms with van der Waals surface area (Å²) < 4.78 is 284. The monoisotopic (exact) mass is 1350 g/mol. The lowest BCUT2D eigenvalue weighted by molar-refractivity contribution is -0.253. The molecule has 0 aliphatic carbocycles. The van der Waals surface area contributed by atoms with Crippen molar-refractivity contribution >= 4 is 23.7 Å². The van der Waals surface area contributed by atoms with Crippen LogP contribution in [0.25, 0.3) is 0 Å². The highest BCUT2D eigenvalue weighted by Crippen LogP contribution is 2.42. The predicted octanol–water partition coefficient (Wildman–Crippen LogP) is 15.5. The first-order chi connectivity index (χ1) is 43.4. The van der Waals surface area contributed by atoms with Crippen molar-refractivity contribution in [2.75, 3.05) is 0 Å². The van der Waals surface area contributed by atoms with Gasteiger partial charge in [0, 0.05) is 36.1 Å². The normalized spacial score (nSPS) is 13.1. The van der Waals surface area contributed by atoms with E-state index >= 15 is 8.78 Å². The minimum absolute atomic E-state index is 0. The molecule has 6 N–H and O–H groups in total. The van der Waals surface area contributed by atoms with Crippen molar-refractivity contribution in [3.05, 3.63) is 272 Å². The molecule has 0 aromatic heterocycles. The van der Waals surface area contributed by atoms with Gasteiger partial charge in [0.05, 0.1) is 33.3 Å². The van der Waals surface area contributed by atoms with Gasteiger partial charge in [0.2, 0.25) is 0 Å². The number of carboxylic acids is 1. The Bertz CT molecular complexity index is 4070. The molecule has 0 spiro atoms. The first-order valence-electron chi connectivity index (χ1n) is 26.0. The van der Waals surface area contributed by atoms with Crippen LogP contribution in [0.15, 0.2) is 170 Å². The van der Waals surface area contributed by atoms with Crippen LogP contribution in [-0.2, 0) is 36.3 Å². The highest BCUT2D eigenvalue weighted by Gasteiger charge is 2.47. The van der Waals surface area contributed by atoms with Crippen molar-refractivity contribution in [1.29, 1.82) is 0 Å². The van der Waals surface area contributed by atoms with Gasteiger partial charge < -0.3 is 25.2 Å². The zero-order valence-electron chi connectivity index (χ0n) is 46.3. The Labute approximate surface area is 517 Å². The first kappa shape index (κ1) is 72.9. The maximum atomic E-state index is 15.1. The highest BCUT2D eigenvalue weighted by atomic mass is 19.4.